The Morgan fingerprint density at radius 2 is 2.06 bits per heavy atom. The molecule has 0 radical (unpaired) electrons. The Morgan fingerprint density at radius 1 is 1.39 bits per heavy atom. The van der Waals surface area contributed by atoms with E-state index in [1.807, 2.05) is 13.4 Å². The van der Waals surface area contributed by atoms with Crippen LogP contribution >= 0.6 is 15.9 Å². The number of imidazole rings is 1. The van der Waals surface area contributed by atoms with E-state index in [1.54, 1.807) is 0 Å². The molecule has 102 valence electrons. The number of nitrogens with two attached hydrogens (primary N) is 1. The van der Waals surface area contributed by atoms with E-state index in [0.717, 1.165) is 37.3 Å². The first-order chi connectivity index (χ1) is 8.67. The van der Waals surface area contributed by atoms with Crippen LogP contribution in [0.1, 0.15) is 18.7 Å². The number of aromatic nitrogens is 2. The summed E-state index contributed by atoms with van der Waals surface area (Å²) in [5, 5.41) is 0. The lowest BCUT2D eigenvalue weighted by atomic mass is 10.1. The number of hydrogen-bond acceptors (Lipinski definition) is 4. The highest BCUT2D eigenvalue weighted by Gasteiger charge is 2.27. The van der Waals surface area contributed by atoms with Gasteiger partial charge in [-0.15, -0.1) is 0 Å². The normalized spacial score (nSPS) is 20.2. The lowest BCUT2D eigenvalue weighted by Crippen LogP contribution is -2.49. The molecule has 0 spiro atoms. The van der Waals surface area contributed by atoms with Crippen molar-refractivity contribution >= 4 is 15.9 Å². The molecular weight excluding hydrogens is 294 g/mol. The van der Waals surface area contributed by atoms with Gasteiger partial charge in [-0.2, -0.15) is 0 Å². The maximum Gasteiger partial charge on any atom is 0.128 e. The van der Waals surface area contributed by atoms with Crippen LogP contribution in [0, 0.1) is 0 Å². The fourth-order valence-corrected chi connectivity index (χ4v) is 3.24. The minimum atomic E-state index is 0.255. The first-order valence-corrected chi connectivity index (χ1v) is 7.29. The SMILES string of the molecule is CCN1CCN(C(CN)c2c(Br)ncn2C)CC1. The maximum atomic E-state index is 5.98. The molecule has 1 aliphatic heterocycles. The van der Waals surface area contributed by atoms with E-state index in [9.17, 15) is 0 Å². The van der Waals surface area contributed by atoms with Crippen LogP contribution in [0.5, 0.6) is 0 Å². The number of likely N-dealkylation sites (N-methyl/N-ethyl adjacent to an activating group) is 1. The summed E-state index contributed by atoms with van der Waals surface area (Å²) in [6, 6.07) is 0.255. The van der Waals surface area contributed by atoms with Gasteiger partial charge >= 0.3 is 0 Å². The molecular formula is C12H22BrN5. The average Bonchev–Trinajstić information content (AvgIpc) is 2.72. The predicted molar refractivity (Wildman–Crippen MR) is 76.4 cm³/mol. The molecule has 1 fully saturated rings. The average molecular weight is 316 g/mol. The van der Waals surface area contributed by atoms with Gasteiger partial charge in [0.25, 0.3) is 0 Å². The van der Waals surface area contributed by atoms with E-state index in [2.05, 4.69) is 42.2 Å². The molecule has 0 bridgehead atoms. The van der Waals surface area contributed by atoms with Gasteiger partial charge in [-0.05, 0) is 22.5 Å². The minimum Gasteiger partial charge on any atom is -0.335 e. The summed E-state index contributed by atoms with van der Waals surface area (Å²) in [6.07, 6.45) is 1.84. The minimum absolute atomic E-state index is 0.255. The Kier molecular flexibility index (Phi) is 4.77. The number of rotatable bonds is 4. The van der Waals surface area contributed by atoms with E-state index >= 15 is 0 Å². The molecule has 2 rings (SSSR count). The number of nitrogens with zero attached hydrogens (tertiary/aromatic N) is 4. The molecule has 1 aromatic heterocycles. The molecule has 1 aromatic rings. The van der Waals surface area contributed by atoms with E-state index in [4.69, 9.17) is 5.73 Å². The van der Waals surface area contributed by atoms with Crippen LogP contribution in [-0.4, -0.2) is 58.6 Å². The Morgan fingerprint density at radius 3 is 2.50 bits per heavy atom. The van der Waals surface area contributed by atoms with E-state index in [-0.39, 0.29) is 6.04 Å². The summed E-state index contributed by atoms with van der Waals surface area (Å²) in [4.78, 5) is 9.24. The van der Waals surface area contributed by atoms with Crippen LogP contribution in [0.2, 0.25) is 0 Å². The third-order valence-corrected chi connectivity index (χ3v) is 4.38. The van der Waals surface area contributed by atoms with E-state index in [1.165, 1.54) is 5.69 Å². The van der Waals surface area contributed by atoms with Crippen LogP contribution in [0.3, 0.4) is 0 Å². The van der Waals surface area contributed by atoms with Crippen molar-refractivity contribution in [1.29, 1.82) is 0 Å². The van der Waals surface area contributed by atoms with Gasteiger partial charge in [0, 0.05) is 39.8 Å². The fraction of sp³-hybridized carbons (Fsp3) is 0.750. The first kappa shape index (κ1) is 14.0. The van der Waals surface area contributed by atoms with Crippen LogP contribution in [0.25, 0.3) is 0 Å². The van der Waals surface area contributed by atoms with Gasteiger partial charge in [-0.3, -0.25) is 4.90 Å². The molecule has 1 aliphatic rings. The molecule has 1 atom stereocenters. The summed E-state index contributed by atoms with van der Waals surface area (Å²) < 4.78 is 2.98. The van der Waals surface area contributed by atoms with Crippen LogP contribution in [-0.2, 0) is 7.05 Å². The second-order valence-electron chi connectivity index (χ2n) is 4.75. The van der Waals surface area contributed by atoms with Gasteiger partial charge in [-0.1, -0.05) is 6.92 Å². The van der Waals surface area contributed by atoms with Crippen molar-refractivity contribution in [2.75, 3.05) is 39.3 Å². The number of piperazine rings is 1. The van der Waals surface area contributed by atoms with Gasteiger partial charge in [0.2, 0.25) is 0 Å². The molecule has 18 heavy (non-hydrogen) atoms. The predicted octanol–water partition coefficient (Wildman–Crippen LogP) is 0.820. The smallest absolute Gasteiger partial charge is 0.128 e. The van der Waals surface area contributed by atoms with Crippen LogP contribution in [0.15, 0.2) is 10.9 Å². The Hall–Kier alpha value is -0.430. The highest BCUT2D eigenvalue weighted by atomic mass is 79.9. The maximum absolute atomic E-state index is 5.98. The topological polar surface area (TPSA) is 50.3 Å². The highest BCUT2D eigenvalue weighted by Crippen LogP contribution is 2.26. The summed E-state index contributed by atoms with van der Waals surface area (Å²) in [7, 11) is 2.03. The Balaban J connectivity index is 2.10. The second-order valence-corrected chi connectivity index (χ2v) is 5.50. The third kappa shape index (κ3) is 2.77. The Bertz CT molecular complexity index is 364. The van der Waals surface area contributed by atoms with Crippen molar-refractivity contribution in [3.8, 4) is 0 Å². The molecule has 1 saturated heterocycles. The molecule has 1 unspecified atom stereocenters. The van der Waals surface area contributed by atoms with Crippen LogP contribution in [0.4, 0.5) is 0 Å². The molecule has 0 amide bonds. The molecule has 6 heteroatoms. The van der Waals surface area contributed by atoms with Crippen LogP contribution < -0.4 is 5.73 Å². The van der Waals surface area contributed by atoms with Gasteiger partial charge in [0.1, 0.15) is 4.60 Å². The lowest BCUT2D eigenvalue weighted by Gasteiger charge is -2.38. The van der Waals surface area contributed by atoms with Gasteiger partial charge < -0.3 is 15.2 Å². The van der Waals surface area contributed by atoms with Gasteiger partial charge in [0.05, 0.1) is 18.1 Å². The molecule has 5 nitrogen and oxygen atoms in total. The number of hydrogen-bond donors (Lipinski definition) is 1. The molecule has 0 saturated carbocycles. The van der Waals surface area contributed by atoms with Crippen molar-refractivity contribution < 1.29 is 0 Å². The molecule has 0 aromatic carbocycles. The first-order valence-electron chi connectivity index (χ1n) is 6.50. The third-order valence-electron chi connectivity index (χ3n) is 3.77. The standard InChI is InChI=1S/C12H22BrN5/c1-3-17-4-6-18(7-5-17)10(8-14)11-12(13)15-9-16(11)2/h9-10H,3-8,14H2,1-2H3. The molecule has 2 N–H and O–H groups in total. The summed E-state index contributed by atoms with van der Waals surface area (Å²) in [5.74, 6) is 0. The van der Waals surface area contributed by atoms with Crippen molar-refractivity contribution in [2.24, 2.45) is 12.8 Å². The number of halogens is 1. The van der Waals surface area contributed by atoms with E-state index < -0.39 is 0 Å². The quantitative estimate of drug-likeness (QED) is 0.894. The summed E-state index contributed by atoms with van der Waals surface area (Å²) in [6.45, 7) is 8.39. The zero-order chi connectivity index (χ0) is 13.1. The zero-order valence-corrected chi connectivity index (χ0v) is 12.7. The second kappa shape index (κ2) is 6.14. The van der Waals surface area contributed by atoms with Gasteiger partial charge in [-0.25, -0.2) is 4.98 Å². The highest BCUT2D eigenvalue weighted by molar-refractivity contribution is 9.10. The van der Waals surface area contributed by atoms with Crippen molar-refractivity contribution in [2.45, 2.75) is 13.0 Å². The number of aryl methyl sites for hydroxylation is 1. The summed E-state index contributed by atoms with van der Waals surface area (Å²) in [5.41, 5.74) is 7.17. The van der Waals surface area contributed by atoms with Crippen molar-refractivity contribution in [1.82, 2.24) is 19.4 Å². The summed E-state index contributed by atoms with van der Waals surface area (Å²) >= 11 is 3.53. The monoisotopic (exact) mass is 315 g/mol. The largest absolute Gasteiger partial charge is 0.335 e. The van der Waals surface area contributed by atoms with E-state index in [0.29, 0.717) is 6.54 Å². The lowest BCUT2D eigenvalue weighted by molar-refractivity contribution is 0.0988. The Labute approximate surface area is 117 Å². The van der Waals surface area contributed by atoms with Gasteiger partial charge in [0.15, 0.2) is 0 Å². The molecule has 2 heterocycles. The fourth-order valence-electron chi connectivity index (χ4n) is 2.61. The molecule has 0 aliphatic carbocycles. The zero-order valence-electron chi connectivity index (χ0n) is 11.1. The van der Waals surface area contributed by atoms with Crippen molar-refractivity contribution in [3.63, 3.8) is 0 Å². The van der Waals surface area contributed by atoms with Crippen molar-refractivity contribution in [3.05, 3.63) is 16.6 Å².